The van der Waals surface area contributed by atoms with Crippen LogP contribution in [0.4, 0.5) is 22.4 Å². The van der Waals surface area contributed by atoms with Crippen LogP contribution in [0.15, 0.2) is 60.7 Å². The number of benzene rings is 2. The van der Waals surface area contributed by atoms with E-state index in [-0.39, 0.29) is 24.2 Å². The van der Waals surface area contributed by atoms with E-state index >= 15 is 0 Å². The Kier molecular flexibility index (Phi) is 7.41. The Labute approximate surface area is 225 Å². The third-order valence-corrected chi connectivity index (χ3v) is 7.03. The molecule has 2 atom stereocenters. The third kappa shape index (κ3) is 5.74. The second-order valence-electron chi connectivity index (χ2n) is 9.57. The van der Waals surface area contributed by atoms with Crippen molar-refractivity contribution in [3.63, 3.8) is 0 Å². The lowest BCUT2D eigenvalue weighted by atomic mass is 9.89. The summed E-state index contributed by atoms with van der Waals surface area (Å²) in [4.78, 5) is 43.3. The minimum atomic E-state index is -4.49. The van der Waals surface area contributed by atoms with Crippen LogP contribution in [0, 0.1) is 5.82 Å². The number of carbonyl (C=O) groups is 3. The zero-order valence-electron chi connectivity index (χ0n) is 20.9. The number of ether oxygens (including phenoxy) is 3. The fourth-order valence-electron chi connectivity index (χ4n) is 4.94. The summed E-state index contributed by atoms with van der Waals surface area (Å²) in [6.07, 6.45) is -4.95. The lowest BCUT2D eigenvalue weighted by Gasteiger charge is -2.40. The van der Waals surface area contributed by atoms with Gasteiger partial charge in [0.1, 0.15) is 17.7 Å². The average molecular weight is 564 g/mol. The largest absolute Gasteiger partial charge is 0.486 e. The SMILES string of the molecule is O=C1/C=C/C(=O)ON2C(=O)OC3(CCN(CCC(Oc4ccc(C(F)(F)F)cc4)c4ccccc4F)CC3)C2O1. The van der Waals surface area contributed by atoms with E-state index in [9.17, 15) is 31.9 Å². The predicted octanol–water partition coefficient (Wildman–Crippen LogP) is 4.54. The molecule has 2 aromatic rings. The highest BCUT2D eigenvalue weighted by Crippen LogP contribution is 2.40. The molecule has 1 amide bonds. The van der Waals surface area contributed by atoms with Crippen molar-refractivity contribution in [1.29, 1.82) is 0 Å². The lowest BCUT2D eigenvalue weighted by molar-refractivity contribution is -0.222. The van der Waals surface area contributed by atoms with Crippen molar-refractivity contribution in [3.05, 3.63) is 77.6 Å². The first-order valence-corrected chi connectivity index (χ1v) is 12.5. The second-order valence-corrected chi connectivity index (χ2v) is 9.57. The van der Waals surface area contributed by atoms with Gasteiger partial charge >= 0.3 is 24.2 Å². The number of esters is 1. The standard InChI is InChI=1S/C27H24F4N2O7/c28-20-4-2-1-3-19(20)21(37-18-7-5-17(6-8-18)27(29,30)31)11-14-32-15-12-26(13-16-32)24-33(25(36)39-26)40-23(35)10-9-22(34)38-24/h1-10,21,24H,11-16H2/b10-9+. The van der Waals surface area contributed by atoms with Crippen LogP contribution in [-0.2, 0) is 30.1 Å². The zero-order chi connectivity index (χ0) is 28.5. The van der Waals surface area contributed by atoms with Crippen LogP contribution in [0.3, 0.4) is 0 Å². The van der Waals surface area contributed by atoms with E-state index in [0.29, 0.717) is 31.1 Å². The number of nitrogens with zero attached hydrogens (tertiary/aromatic N) is 2. The molecular formula is C27H24F4N2O7. The van der Waals surface area contributed by atoms with Gasteiger partial charge in [-0.15, -0.1) is 0 Å². The molecule has 2 fully saturated rings. The van der Waals surface area contributed by atoms with Gasteiger partial charge in [0.25, 0.3) is 6.23 Å². The fourth-order valence-corrected chi connectivity index (χ4v) is 4.94. The monoisotopic (exact) mass is 564 g/mol. The molecule has 2 aromatic carbocycles. The third-order valence-electron chi connectivity index (χ3n) is 7.03. The smallest absolute Gasteiger partial charge is 0.447 e. The van der Waals surface area contributed by atoms with Gasteiger partial charge in [-0.05, 0) is 30.3 Å². The van der Waals surface area contributed by atoms with Crippen molar-refractivity contribution < 1.29 is 51.0 Å². The number of alkyl halides is 3. The minimum Gasteiger partial charge on any atom is -0.486 e. The summed E-state index contributed by atoms with van der Waals surface area (Å²) in [5.74, 6) is -2.09. The normalized spacial score (nSPS) is 22.4. The maximum absolute atomic E-state index is 14.7. The number of halogens is 4. The molecule has 5 rings (SSSR count). The molecule has 3 aliphatic heterocycles. The van der Waals surface area contributed by atoms with Gasteiger partial charge in [0, 0.05) is 56.6 Å². The molecule has 3 heterocycles. The van der Waals surface area contributed by atoms with Crippen LogP contribution in [0.25, 0.3) is 0 Å². The molecule has 1 spiro atoms. The molecule has 212 valence electrons. The number of likely N-dealkylation sites (tertiary alicyclic amines) is 1. The topological polar surface area (TPSA) is 94.6 Å². The summed E-state index contributed by atoms with van der Waals surface area (Å²) >= 11 is 0. The Morgan fingerprint density at radius 1 is 0.975 bits per heavy atom. The number of carbonyl (C=O) groups excluding carboxylic acids is 3. The van der Waals surface area contributed by atoms with E-state index in [1.165, 1.54) is 24.3 Å². The highest BCUT2D eigenvalue weighted by atomic mass is 19.4. The van der Waals surface area contributed by atoms with Crippen LogP contribution < -0.4 is 4.74 Å². The molecule has 13 heteroatoms. The molecule has 2 unspecified atom stereocenters. The van der Waals surface area contributed by atoms with Gasteiger partial charge in [0.05, 0.1) is 5.56 Å². The van der Waals surface area contributed by atoms with E-state index in [2.05, 4.69) is 0 Å². The number of piperidine rings is 1. The highest BCUT2D eigenvalue weighted by molar-refractivity contribution is 5.93. The Bertz CT molecular complexity index is 1310. The number of hydrogen-bond acceptors (Lipinski definition) is 8. The van der Waals surface area contributed by atoms with Gasteiger partial charge in [-0.3, -0.25) is 0 Å². The summed E-state index contributed by atoms with van der Waals surface area (Å²) in [7, 11) is 0. The van der Waals surface area contributed by atoms with Crippen molar-refractivity contribution in [2.45, 2.75) is 43.4 Å². The maximum Gasteiger partial charge on any atom is 0.447 e. The lowest BCUT2D eigenvalue weighted by Crippen LogP contribution is -2.54. The molecule has 2 saturated heterocycles. The van der Waals surface area contributed by atoms with Gasteiger partial charge < -0.3 is 23.9 Å². The summed E-state index contributed by atoms with van der Waals surface area (Å²) in [5, 5.41) is 0.630. The zero-order valence-corrected chi connectivity index (χ0v) is 20.9. The first-order valence-electron chi connectivity index (χ1n) is 12.5. The molecule has 0 saturated carbocycles. The first-order chi connectivity index (χ1) is 19.0. The van der Waals surface area contributed by atoms with Crippen LogP contribution in [-0.4, -0.2) is 59.5 Å². The number of amides is 1. The van der Waals surface area contributed by atoms with Crippen LogP contribution in [0.5, 0.6) is 5.75 Å². The summed E-state index contributed by atoms with van der Waals surface area (Å²) in [6.45, 7) is 1.20. The quantitative estimate of drug-likeness (QED) is 0.373. The van der Waals surface area contributed by atoms with Gasteiger partial charge in [-0.2, -0.15) is 13.2 Å². The van der Waals surface area contributed by atoms with Crippen molar-refractivity contribution in [2.24, 2.45) is 0 Å². The molecule has 0 bridgehead atoms. The van der Waals surface area contributed by atoms with Gasteiger partial charge in [0.15, 0.2) is 5.60 Å². The number of rotatable bonds is 6. The fraction of sp³-hybridized carbons (Fsp3) is 0.370. The highest BCUT2D eigenvalue weighted by Gasteiger charge is 2.59. The van der Waals surface area contributed by atoms with Crippen LogP contribution >= 0.6 is 0 Å². The Morgan fingerprint density at radius 2 is 1.65 bits per heavy atom. The molecular weight excluding hydrogens is 540 g/mol. The van der Waals surface area contributed by atoms with E-state index in [4.69, 9.17) is 19.0 Å². The average Bonchev–Trinajstić information content (AvgIpc) is 3.14. The van der Waals surface area contributed by atoms with Crippen molar-refractivity contribution >= 4 is 18.0 Å². The molecule has 9 nitrogen and oxygen atoms in total. The van der Waals surface area contributed by atoms with Crippen molar-refractivity contribution in [1.82, 2.24) is 9.96 Å². The number of fused-ring (bicyclic) bond motifs is 2. The number of hydroxylamine groups is 2. The van der Waals surface area contributed by atoms with E-state index in [0.717, 1.165) is 24.3 Å². The Hall–Kier alpha value is -4.13. The van der Waals surface area contributed by atoms with Crippen molar-refractivity contribution in [3.8, 4) is 5.75 Å². The molecule has 0 N–H and O–H groups in total. The second kappa shape index (κ2) is 10.8. The summed E-state index contributed by atoms with van der Waals surface area (Å²) in [6, 6.07) is 10.2. The predicted molar refractivity (Wildman–Crippen MR) is 128 cm³/mol. The maximum atomic E-state index is 14.7. The summed E-state index contributed by atoms with van der Waals surface area (Å²) < 4.78 is 70.4. The van der Waals surface area contributed by atoms with Crippen molar-refractivity contribution in [2.75, 3.05) is 19.6 Å². The van der Waals surface area contributed by atoms with E-state index < -0.39 is 53.5 Å². The molecule has 0 aliphatic carbocycles. The van der Waals surface area contributed by atoms with E-state index in [1.807, 2.05) is 4.90 Å². The van der Waals surface area contributed by atoms with Crippen LogP contribution in [0.2, 0.25) is 0 Å². The summed E-state index contributed by atoms with van der Waals surface area (Å²) in [5.41, 5.74) is -1.79. The molecule has 0 radical (unpaired) electrons. The van der Waals surface area contributed by atoms with E-state index in [1.54, 1.807) is 12.1 Å². The minimum absolute atomic E-state index is 0.159. The number of hydrogen-bond donors (Lipinski definition) is 0. The molecule has 0 aromatic heterocycles. The Morgan fingerprint density at radius 3 is 2.33 bits per heavy atom. The van der Waals surface area contributed by atoms with Gasteiger partial charge in [-0.25, -0.2) is 18.8 Å². The first kappa shape index (κ1) is 27.4. The molecule has 3 aliphatic rings. The van der Waals surface area contributed by atoms with Gasteiger partial charge in [-0.1, -0.05) is 23.3 Å². The van der Waals surface area contributed by atoms with Gasteiger partial charge in [0.2, 0.25) is 0 Å². The molecule has 40 heavy (non-hydrogen) atoms. The van der Waals surface area contributed by atoms with Crippen LogP contribution in [0.1, 0.15) is 36.5 Å². The Balaban J connectivity index is 1.26.